The van der Waals surface area contributed by atoms with Crippen molar-refractivity contribution in [3.63, 3.8) is 0 Å². The van der Waals surface area contributed by atoms with Crippen LogP contribution in [0, 0.1) is 11.3 Å². The van der Waals surface area contributed by atoms with Crippen molar-refractivity contribution in [3.05, 3.63) is 0 Å². The highest BCUT2D eigenvalue weighted by atomic mass is 15.2. The molecule has 2 nitrogen and oxygen atoms in total. The van der Waals surface area contributed by atoms with Gasteiger partial charge in [0.1, 0.15) is 0 Å². The van der Waals surface area contributed by atoms with Crippen molar-refractivity contribution in [1.82, 2.24) is 10.2 Å². The Balaban J connectivity index is 2.00. The molecule has 0 amide bonds. The van der Waals surface area contributed by atoms with Gasteiger partial charge in [-0.15, -0.1) is 0 Å². The first-order chi connectivity index (χ1) is 8.28. The van der Waals surface area contributed by atoms with Crippen molar-refractivity contribution in [2.24, 2.45) is 11.3 Å². The van der Waals surface area contributed by atoms with Crippen molar-refractivity contribution in [1.29, 1.82) is 0 Å². The third kappa shape index (κ3) is 3.96. The van der Waals surface area contributed by atoms with Crippen LogP contribution in [0.5, 0.6) is 0 Å². The summed E-state index contributed by atoms with van der Waals surface area (Å²) >= 11 is 0. The molecule has 2 fully saturated rings. The first-order valence-electron chi connectivity index (χ1n) is 7.76. The molecule has 1 unspecified atom stereocenters. The van der Waals surface area contributed by atoms with Crippen LogP contribution in [0.25, 0.3) is 0 Å². The minimum Gasteiger partial charge on any atom is -0.312 e. The van der Waals surface area contributed by atoms with E-state index in [1.807, 2.05) is 0 Å². The van der Waals surface area contributed by atoms with E-state index < -0.39 is 0 Å². The maximum Gasteiger partial charge on any atom is 0.0223 e. The summed E-state index contributed by atoms with van der Waals surface area (Å²) in [7, 11) is 0. The van der Waals surface area contributed by atoms with Gasteiger partial charge in [0, 0.05) is 18.1 Å². The highest BCUT2D eigenvalue weighted by Crippen LogP contribution is 2.36. The van der Waals surface area contributed by atoms with Gasteiger partial charge in [-0.05, 0) is 64.0 Å². The van der Waals surface area contributed by atoms with Crippen molar-refractivity contribution >= 4 is 0 Å². The normalized spacial score (nSPS) is 28.2. The summed E-state index contributed by atoms with van der Waals surface area (Å²) in [5.74, 6) is 0.969. The summed E-state index contributed by atoms with van der Waals surface area (Å²) in [6.07, 6.45) is 5.48. The van der Waals surface area contributed by atoms with Gasteiger partial charge in [-0.2, -0.15) is 0 Å². The van der Waals surface area contributed by atoms with E-state index in [4.69, 9.17) is 0 Å². The molecule has 0 aromatic heterocycles. The van der Waals surface area contributed by atoms with Gasteiger partial charge < -0.3 is 5.32 Å². The monoisotopic (exact) mass is 252 g/mol. The molecule has 1 atom stereocenters. The lowest BCUT2D eigenvalue weighted by atomic mass is 9.80. The second-order valence-electron chi connectivity index (χ2n) is 8.25. The van der Waals surface area contributed by atoms with E-state index in [1.54, 1.807) is 0 Å². The Morgan fingerprint density at radius 2 is 1.78 bits per heavy atom. The molecule has 0 aromatic rings. The molecular formula is C16H32N2. The zero-order valence-electron chi connectivity index (χ0n) is 13.1. The predicted octanol–water partition coefficient (Wildman–Crippen LogP) is 3.28. The van der Waals surface area contributed by atoms with Crippen molar-refractivity contribution in [3.8, 4) is 0 Å². The molecule has 2 heteroatoms. The first-order valence-corrected chi connectivity index (χ1v) is 7.76. The SMILES string of the molecule is CC(C)(C)CC(C)(C)N1CCCNC(C2CC2)C1. The van der Waals surface area contributed by atoms with Crippen LogP contribution in [0.15, 0.2) is 0 Å². The third-order valence-corrected chi connectivity index (χ3v) is 4.44. The largest absolute Gasteiger partial charge is 0.312 e. The van der Waals surface area contributed by atoms with Gasteiger partial charge in [0.25, 0.3) is 0 Å². The molecule has 1 saturated heterocycles. The second kappa shape index (κ2) is 5.13. The molecule has 0 spiro atoms. The maximum atomic E-state index is 3.77. The summed E-state index contributed by atoms with van der Waals surface area (Å²) in [5.41, 5.74) is 0.746. The standard InChI is InChI=1S/C16H32N2/c1-15(2,3)12-16(4,5)18-10-6-9-17-14(11-18)13-7-8-13/h13-14,17H,6-12H2,1-5H3. The van der Waals surface area contributed by atoms with Crippen molar-refractivity contribution < 1.29 is 0 Å². The van der Waals surface area contributed by atoms with E-state index in [1.165, 1.54) is 45.3 Å². The summed E-state index contributed by atoms with van der Waals surface area (Å²) in [6, 6.07) is 0.756. The van der Waals surface area contributed by atoms with Gasteiger partial charge in [-0.25, -0.2) is 0 Å². The summed E-state index contributed by atoms with van der Waals surface area (Å²) in [4.78, 5) is 2.75. The van der Waals surface area contributed by atoms with E-state index in [2.05, 4.69) is 44.8 Å². The molecule has 18 heavy (non-hydrogen) atoms. The topological polar surface area (TPSA) is 15.3 Å². The summed E-state index contributed by atoms with van der Waals surface area (Å²) in [5, 5.41) is 3.77. The van der Waals surface area contributed by atoms with Gasteiger partial charge in [-0.1, -0.05) is 20.8 Å². The summed E-state index contributed by atoms with van der Waals surface area (Å²) in [6.45, 7) is 15.7. The second-order valence-corrected chi connectivity index (χ2v) is 8.25. The highest BCUT2D eigenvalue weighted by molar-refractivity contribution is 4.94. The maximum absolute atomic E-state index is 3.77. The van der Waals surface area contributed by atoms with Gasteiger partial charge in [0.05, 0.1) is 0 Å². The van der Waals surface area contributed by atoms with E-state index in [0.29, 0.717) is 11.0 Å². The third-order valence-electron chi connectivity index (χ3n) is 4.44. The molecular weight excluding hydrogens is 220 g/mol. The number of hydrogen-bond acceptors (Lipinski definition) is 2. The van der Waals surface area contributed by atoms with Crippen LogP contribution in [0.2, 0.25) is 0 Å². The molecule has 0 bridgehead atoms. The predicted molar refractivity (Wildman–Crippen MR) is 78.9 cm³/mol. The van der Waals surface area contributed by atoms with Crippen LogP contribution in [0.1, 0.15) is 60.3 Å². The lowest BCUT2D eigenvalue weighted by molar-refractivity contribution is 0.0734. The van der Waals surface area contributed by atoms with Gasteiger partial charge in [0.2, 0.25) is 0 Å². The van der Waals surface area contributed by atoms with Crippen LogP contribution in [0.4, 0.5) is 0 Å². The molecule has 1 aliphatic heterocycles. The lowest BCUT2D eigenvalue weighted by Crippen LogP contribution is -2.50. The van der Waals surface area contributed by atoms with E-state index in [-0.39, 0.29) is 0 Å². The smallest absolute Gasteiger partial charge is 0.0223 e. The first kappa shape index (κ1) is 14.3. The highest BCUT2D eigenvalue weighted by Gasteiger charge is 2.38. The zero-order valence-corrected chi connectivity index (χ0v) is 13.1. The Morgan fingerprint density at radius 3 is 2.33 bits per heavy atom. The Kier molecular flexibility index (Phi) is 4.08. The van der Waals surface area contributed by atoms with E-state index in [0.717, 1.165) is 12.0 Å². The molecule has 1 aliphatic carbocycles. The number of nitrogens with zero attached hydrogens (tertiary/aromatic N) is 1. The number of rotatable bonds is 3. The average Bonchev–Trinajstić information content (AvgIpc) is 3.01. The molecule has 1 saturated carbocycles. The number of nitrogens with one attached hydrogen (secondary N) is 1. The molecule has 1 N–H and O–H groups in total. The molecule has 2 aliphatic rings. The van der Waals surface area contributed by atoms with Gasteiger partial charge in [-0.3, -0.25) is 4.90 Å². The Hall–Kier alpha value is -0.0800. The fourth-order valence-electron chi connectivity index (χ4n) is 3.72. The fourth-order valence-corrected chi connectivity index (χ4v) is 3.72. The van der Waals surface area contributed by atoms with Crippen LogP contribution >= 0.6 is 0 Å². The van der Waals surface area contributed by atoms with Crippen LogP contribution in [0.3, 0.4) is 0 Å². The minimum atomic E-state index is 0.331. The van der Waals surface area contributed by atoms with Crippen LogP contribution in [-0.4, -0.2) is 36.1 Å². The Bertz CT molecular complexity index is 273. The van der Waals surface area contributed by atoms with Gasteiger partial charge in [0.15, 0.2) is 0 Å². The molecule has 106 valence electrons. The number of hydrogen-bond donors (Lipinski definition) is 1. The van der Waals surface area contributed by atoms with Crippen molar-refractivity contribution in [2.45, 2.75) is 71.9 Å². The summed E-state index contributed by atoms with van der Waals surface area (Å²) < 4.78 is 0. The average molecular weight is 252 g/mol. The molecule has 0 radical (unpaired) electrons. The molecule has 1 heterocycles. The Labute approximate surface area is 114 Å². The quantitative estimate of drug-likeness (QED) is 0.829. The molecule has 2 rings (SSSR count). The van der Waals surface area contributed by atoms with Crippen molar-refractivity contribution in [2.75, 3.05) is 19.6 Å². The van der Waals surface area contributed by atoms with Gasteiger partial charge >= 0.3 is 0 Å². The minimum absolute atomic E-state index is 0.331. The zero-order chi connectivity index (χ0) is 13.4. The lowest BCUT2D eigenvalue weighted by Gasteiger charge is -2.43. The van der Waals surface area contributed by atoms with Crippen LogP contribution < -0.4 is 5.32 Å². The van der Waals surface area contributed by atoms with E-state index in [9.17, 15) is 0 Å². The van der Waals surface area contributed by atoms with Crippen LogP contribution in [-0.2, 0) is 0 Å². The molecule has 0 aromatic carbocycles. The van der Waals surface area contributed by atoms with E-state index >= 15 is 0 Å². The fraction of sp³-hybridized carbons (Fsp3) is 1.00. The Morgan fingerprint density at radius 1 is 1.11 bits per heavy atom.